The molecule has 0 atom stereocenters. The Bertz CT molecular complexity index is 836. The van der Waals surface area contributed by atoms with Crippen molar-refractivity contribution in [2.24, 2.45) is 0 Å². The summed E-state index contributed by atoms with van der Waals surface area (Å²) in [5.74, 6) is -0.0519. The van der Waals surface area contributed by atoms with Crippen molar-refractivity contribution in [2.75, 3.05) is 5.32 Å². The number of carboxylic acid groups (broad SMARTS) is 1. The number of nitrogens with one attached hydrogen (secondary N) is 1. The second-order valence-electron chi connectivity index (χ2n) is 5.68. The van der Waals surface area contributed by atoms with E-state index in [9.17, 15) is 9.90 Å². The molecule has 0 saturated heterocycles. The lowest BCUT2D eigenvalue weighted by molar-refractivity contribution is 0.0697. The van der Waals surface area contributed by atoms with E-state index in [0.29, 0.717) is 24.6 Å². The van der Waals surface area contributed by atoms with Crippen LogP contribution in [0.3, 0.4) is 0 Å². The first kappa shape index (κ1) is 16.6. The first-order valence-electron chi connectivity index (χ1n) is 8.13. The summed E-state index contributed by atoms with van der Waals surface area (Å²) in [6, 6.07) is 19.9. The Morgan fingerprint density at radius 1 is 0.920 bits per heavy atom. The van der Waals surface area contributed by atoms with Crippen molar-refractivity contribution in [1.29, 1.82) is 0 Å². The molecule has 0 radical (unpaired) electrons. The van der Waals surface area contributed by atoms with Crippen LogP contribution in [0.4, 0.5) is 5.82 Å². The van der Waals surface area contributed by atoms with Crippen LogP contribution in [0.5, 0.6) is 0 Å². The highest BCUT2D eigenvalue weighted by atomic mass is 16.4. The van der Waals surface area contributed by atoms with Gasteiger partial charge in [-0.15, -0.1) is 0 Å². The molecule has 0 amide bonds. The van der Waals surface area contributed by atoms with Crippen LogP contribution in [0, 0.1) is 0 Å². The smallest absolute Gasteiger partial charge is 0.341 e. The first-order chi connectivity index (χ1) is 12.2. The van der Waals surface area contributed by atoms with Crippen LogP contribution in [-0.4, -0.2) is 21.0 Å². The van der Waals surface area contributed by atoms with Gasteiger partial charge in [0.15, 0.2) is 0 Å². The molecule has 0 fully saturated rings. The Labute approximate surface area is 146 Å². The lowest BCUT2D eigenvalue weighted by Gasteiger charge is -2.10. The van der Waals surface area contributed by atoms with Gasteiger partial charge in [-0.25, -0.2) is 14.8 Å². The number of hydrogen-bond acceptors (Lipinski definition) is 4. The number of carboxylic acids is 1. The number of anilines is 1. The minimum Gasteiger partial charge on any atom is -0.477 e. The van der Waals surface area contributed by atoms with Crippen LogP contribution >= 0.6 is 0 Å². The van der Waals surface area contributed by atoms with Crippen molar-refractivity contribution in [3.8, 4) is 0 Å². The number of benzene rings is 2. The minimum absolute atomic E-state index is 0.0828. The largest absolute Gasteiger partial charge is 0.477 e. The topological polar surface area (TPSA) is 75.1 Å². The lowest BCUT2D eigenvalue weighted by atomic mass is 10.1. The highest BCUT2D eigenvalue weighted by Crippen LogP contribution is 2.14. The highest BCUT2D eigenvalue weighted by Gasteiger charge is 2.13. The predicted molar refractivity (Wildman–Crippen MR) is 96.6 cm³/mol. The quantitative estimate of drug-likeness (QED) is 0.691. The Balaban J connectivity index is 1.73. The molecular formula is C20H19N3O2. The van der Waals surface area contributed by atoms with Gasteiger partial charge >= 0.3 is 5.97 Å². The fraction of sp³-hybridized carbons (Fsp3) is 0.150. The summed E-state index contributed by atoms with van der Waals surface area (Å²) < 4.78 is 0. The second kappa shape index (κ2) is 8.06. The van der Waals surface area contributed by atoms with Gasteiger partial charge in [-0.1, -0.05) is 60.7 Å². The number of aromatic carboxylic acids is 1. The maximum Gasteiger partial charge on any atom is 0.341 e. The minimum atomic E-state index is -1.04. The van der Waals surface area contributed by atoms with Gasteiger partial charge in [0.2, 0.25) is 0 Å². The Hall–Kier alpha value is -3.21. The van der Waals surface area contributed by atoms with Crippen LogP contribution in [0.2, 0.25) is 0 Å². The molecule has 3 aromatic rings. The van der Waals surface area contributed by atoms with E-state index in [2.05, 4.69) is 27.4 Å². The summed E-state index contributed by atoms with van der Waals surface area (Å²) in [5, 5.41) is 12.5. The molecule has 2 aromatic carbocycles. The van der Waals surface area contributed by atoms with Crippen molar-refractivity contribution in [3.05, 3.63) is 89.4 Å². The number of carbonyl (C=O) groups is 1. The van der Waals surface area contributed by atoms with Gasteiger partial charge in [-0.2, -0.15) is 0 Å². The average molecular weight is 333 g/mol. The number of aromatic nitrogens is 2. The lowest BCUT2D eigenvalue weighted by Crippen LogP contribution is -2.11. The monoisotopic (exact) mass is 333 g/mol. The molecule has 0 aliphatic carbocycles. The van der Waals surface area contributed by atoms with Crippen LogP contribution in [-0.2, 0) is 19.4 Å². The predicted octanol–water partition coefficient (Wildman–Crippen LogP) is 3.57. The molecule has 0 aliphatic rings. The van der Waals surface area contributed by atoms with E-state index in [4.69, 9.17) is 0 Å². The van der Waals surface area contributed by atoms with Crippen molar-refractivity contribution in [3.63, 3.8) is 0 Å². The normalized spacial score (nSPS) is 10.4. The summed E-state index contributed by atoms with van der Waals surface area (Å²) >= 11 is 0. The first-order valence-corrected chi connectivity index (χ1v) is 8.13. The maximum atomic E-state index is 11.4. The van der Waals surface area contributed by atoms with Gasteiger partial charge < -0.3 is 10.4 Å². The van der Waals surface area contributed by atoms with Gasteiger partial charge in [0, 0.05) is 19.2 Å². The third-order valence-corrected chi connectivity index (χ3v) is 3.85. The zero-order chi connectivity index (χ0) is 17.5. The fourth-order valence-corrected chi connectivity index (χ4v) is 2.51. The number of rotatable bonds is 7. The summed E-state index contributed by atoms with van der Waals surface area (Å²) in [4.78, 5) is 20.0. The molecular weight excluding hydrogens is 314 g/mol. The molecule has 0 bridgehead atoms. The Morgan fingerprint density at radius 3 is 2.20 bits per heavy atom. The van der Waals surface area contributed by atoms with E-state index < -0.39 is 5.97 Å². The molecule has 0 aliphatic heterocycles. The fourth-order valence-electron chi connectivity index (χ4n) is 2.51. The van der Waals surface area contributed by atoms with Crippen molar-refractivity contribution in [1.82, 2.24) is 9.97 Å². The zero-order valence-corrected chi connectivity index (χ0v) is 13.7. The van der Waals surface area contributed by atoms with Gasteiger partial charge in [0.25, 0.3) is 0 Å². The summed E-state index contributed by atoms with van der Waals surface area (Å²) in [7, 11) is 0. The summed E-state index contributed by atoms with van der Waals surface area (Å²) in [6.07, 6.45) is 2.85. The second-order valence-corrected chi connectivity index (χ2v) is 5.68. The van der Waals surface area contributed by atoms with Crippen LogP contribution in [0.15, 0.2) is 66.9 Å². The van der Waals surface area contributed by atoms with E-state index >= 15 is 0 Å². The van der Waals surface area contributed by atoms with E-state index in [1.54, 1.807) is 0 Å². The molecule has 1 heterocycles. The number of aryl methyl sites for hydroxylation is 2. The highest BCUT2D eigenvalue weighted by molar-refractivity contribution is 5.92. The summed E-state index contributed by atoms with van der Waals surface area (Å²) in [5.41, 5.74) is 2.34. The Kier molecular flexibility index (Phi) is 5.36. The molecule has 1 aromatic heterocycles. The van der Waals surface area contributed by atoms with Gasteiger partial charge in [0.1, 0.15) is 17.2 Å². The van der Waals surface area contributed by atoms with E-state index in [1.807, 2.05) is 48.5 Å². The van der Waals surface area contributed by atoms with Gasteiger partial charge in [0.05, 0.1) is 0 Å². The van der Waals surface area contributed by atoms with Gasteiger partial charge in [-0.05, 0) is 17.5 Å². The Morgan fingerprint density at radius 2 is 1.56 bits per heavy atom. The van der Waals surface area contributed by atoms with Crippen molar-refractivity contribution >= 4 is 11.8 Å². The van der Waals surface area contributed by atoms with E-state index in [1.165, 1.54) is 11.8 Å². The van der Waals surface area contributed by atoms with Crippen molar-refractivity contribution < 1.29 is 9.90 Å². The van der Waals surface area contributed by atoms with Gasteiger partial charge in [-0.3, -0.25) is 0 Å². The maximum absolute atomic E-state index is 11.4. The SMILES string of the molecule is O=C(O)c1cnc(CCc2ccccc2)nc1NCc1ccccc1. The van der Waals surface area contributed by atoms with E-state index in [-0.39, 0.29) is 5.56 Å². The molecule has 3 rings (SSSR count). The molecule has 25 heavy (non-hydrogen) atoms. The standard InChI is InChI=1S/C20H19N3O2/c24-20(25)17-14-21-18(12-11-15-7-3-1-4-8-15)23-19(17)22-13-16-9-5-2-6-10-16/h1-10,14H,11-13H2,(H,24,25)(H,21,22,23). The molecule has 0 unspecified atom stereocenters. The molecule has 126 valence electrons. The molecule has 0 spiro atoms. The number of hydrogen-bond donors (Lipinski definition) is 2. The molecule has 0 saturated carbocycles. The third-order valence-electron chi connectivity index (χ3n) is 3.85. The van der Waals surface area contributed by atoms with E-state index in [0.717, 1.165) is 12.0 Å². The molecule has 5 nitrogen and oxygen atoms in total. The molecule has 2 N–H and O–H groups in total. The van der Waals surface area contributed by atoms with Crippen LogP contribution in [0.1, 0.15) is 27.3 Å². The number of nitrogens with zero attached hydrogens (tertiary/aromatic N) is 2. The third kappa shape index (κ3) is 4.64. The van der Waals surface area contributed by atoms with Crippen molar-refractivity contribution in [2.45, 2.75) is 19.4 Å². The molecule has 5 heteroatoms. The van der Waals surface area contributed by atoms with Crippen LogP contribution < -0.4 is 5.32 Å². The van der Waals surface area contributed by atoms with Crippen LogP contribution in [0.25, 0.3) is 0 Å². The zero-order valence-electron chi connectivity index (χ0n) is 13.7. The average Bonchev–Trinajstić information content (AvgIpc) is 2.66. The summed E-state index contributed by atoms with van der Waals surface area (Å²) in [6.45, 7) is 0.510.